The first-order valence-electron chi connectivity index (χ1n) is 9.58. The van der Waals surface area contributed by atoms with Crippen LogP contribution in [0.1, 0.15) is 39.3 Å². The first kappa shape index (κ1) is 19.4. The van der Waals surface area contributed by atoms with Gasteiger partial charge in [-0.25, -0.2) is 4.98 Å². The van der Waals surface area contributed by atoms with E-state index in [0.29, 0.717) is 18.5 Å². The number of ether oxygens (including phenoxy) is 1. The van der Waals surface area contributed by atoms with Crippen LogP contribution in [0.3, 0.4) is 0 Å². The Morgan fingerprint density at radius 1 is 1.26 bits per heavy atom. The van der Waals surface area contributed by atoms with Crippen molar-refractivity contribution in [1.29, 1.82) is 0 Å². The highest BCUT2D eigenvalue weighted by Crippen LogP contribution is 2.20. The Morgan fingerprint density at radius 3 is 2.59 bits per heavy atom. The zero-order valence-corrected chi connectivity index (χ0v) is 16.7. The normalized spacial score (nSPS) is 16.6. The summed E-state index contributed by atoms with van der Waals surface area (Å²) in [5, 5.41) is 3.40. The van der Waals surface area contributed by atoms with Crippen LogP contribution in [0.2, 0.25) is 0 Å². The summed E-state index contributed by atoms with van der Waals surface area (Å²) in [7, 11) is 1.82. The number of piperidine rings is 1. The van der Waals surface area contributed by atoms with E-state index in [0.717, 1.165) is 43.1 Å². The van der Waals surface area contributed by atoms with Crippen molar-refractivity contribution in [3.05, 3.63) is 42.3 Å². The second-order valence-corrected chi connectivity index (χ2v) is 7.83. The molecule has 1 fully saturated rings. The van der Waals surface area contributed by atoms with Crippen LogP contribution in [0.5, 0.6) is 0 Å². The first-order chi connectivity index (χ1) is 12.9. The fraction of sp³-hybridized carbons (Fsp3) is 0.524. The number of nitrogens with zero attached hydrogens (tertiary/aromatic N) is 3. The van der Waals surface area contributed by atoms with Crippen LogP contribution in [0.25, 0.3) is 11.5 Å². The maximum absolute atomic E-state index is 6.11. The number of guanidine groups is 1. The Labute approximate surface area is 161 Å². The topological polar surface area (TPSA) is 62.9 Å². The minimum absolute atomic E-state index is 0.0871. The minimum Gasteiger partial charge on any atom is -0.444 e. The van der Waals surface area contributed by atoms with Crippen molar-refractivity contribution in [3.8, 4) is 11.5 Å². The van der Waals surface area contributed by atoms with Crippen molar-refractivity contribution < 1.29 is 9.15 Å². The lowest BCUT2D eigenvalue weighted by Gasteiger charge is -2.36. The van der Waals surface area contributed by atoms with E-state index < -0.39 is 0 Å². The number of hydrogen-bond donors (Lipinski definition) is 1. The molecule has 0 unspecified atom stereocenters. The van der Waals surface area contributed by atoms with Gasteiger partial charge >= 0.3 is 0 Å². The number of nitrogens with one attached hydrogen (secondary N) is 1. The molecule has 0 amide bonds. The number of hydrogen-bond acceptors (Lipinski definition) is 4. The number of rotatable bonds is 4. The number of likely N-dealkylation sites (tertiary alicyclic amines) is 1. The van der Waals surface area contributed by atoms with Gasteiger partial charge in [0.15, 0.2) is 5.96 Å². The molecule has 0 spiro atoms. The largest absolute Gasteiger partial charge is 0.444 e. The van der Waals surface area contributed by atoms with Crippen LogP contribution in [-0.4, -0.2) is 47.7 Å². The summed E-state index contributed by atoms with van der Waals surface area (Å²) in [6, 6.07) is 9.92. The Hall–Kier alpha value is -2.34. The Morgan fingerprint density at radius 2 is 1.96 bits per heavy atom. The lowest BCUT2D eigenvalue weighted by atomic mass is 10.1. The molecule has 1 aliphatic rings. The van der Waals surface area contributed by atoms with Gasteiger partial charge in [-0.1, -0.05) is 18.2 Å². The zero-order valence-electron chi connectivity index (χ0n) is 16.7. The van der Waals surface area contributed by atoms with Crippen LogP contribution in [0.15, 0.2) is 46.0 Å². The molecule has 0 aliphatic carbocycles. The van der Waals surface area contributed by atoms with E-state index in [-0.39, 0.29) is 5.60 Å². The van der Waals surface area contributed by atoms with Gasteiger partial charge in [0.1, 0.15) is 6.26 Å². The van der Waals surface area contributed by atoms with E-state index in [1.807, 2.05) is 37.4 Å². The van der Waals surface area contributed by atoms with Crippen molar-refractivity contribution in [1.82, 2.24) is 15.2 Å². The molecule has 0 saturated carbocycles. The molecular formula is C21H30N4O2. The van der Waals surface area contributed by atoms with Gasteiger partial charge in [-0.05, 0) is 45.7 Å². The summed E-state index contributed by atoms with van der Waals surface area (Å²) in [5.41, 5.74) is 1.76. The van der Waals surface area contributed by atoms with Gasteiger partial charge in [0.2, 0.25) is 5.89 Å². The van der Waals surface area contributed by atoms with E-state index in [1.54, 1.807) is 6.26 Å². The maximum Gasteiger partial charge on any atom is 0.226 e. The van der Waals surface area contributed by atoms with Crippen LogP contribution in [0, 0.1) is 0 Å². The predicted octanol–water partition coefficient (Wildman–Crippen LogP) is 3.70. The van der Waals surface area contributed by atoms with E-state index in [4.69, 9.17) is 9.15 Å². The maximum atomic E-state index is 6.11. The minimum atomic E-state index is -0.0871. The van der Waals surface area contributed by atoms with Gasteiger partial charge in [0.05, 0.1) is 23.9 Å². The molecule has 1 saturated heterocycles. The van der Waals surface area contributed by atoms with Crippen LogP contribution >= 0.6 is 0 Å². The van der Waals surface area contributed by atoms with Crippen LogP contribution < -0.4 is 5.32 Å². The fourth-order valence-corrected chi connectivity index (χ4v) is 3.29. The van der Waals surface area contributed by atoms with E-state index >= 15 is 0 Å². The van der Waals surface area contributed by atoms with E-state index in [1.165, 1.54) is 0 Å². The lowest BCUT2D eigenvalue weighted by Crippen LogP contribution is -2.47. The Bertz CT molecular complexity index is 741. The van der Waals surface area contributed by atoms with Crippen molar-refractivity contribution >= 4 is 5.96 Å². The number of aliphatic imine (C=N–C) groups is 1. The summed E-state index contributed by atoms with van der Waals surface area (Å²) in [4.78, 5) is 11.3. The molecule has 6 nitrogen and oxygen atoms in total. The Kier molecular flexibility index (Phi) is 6.16. The average Bonchev–Trinajstić information content (AvgIpc) is 3.12. The molecule has 3 rings (SSSR count). The fourth-order valence-electron chi connectivity index (χ4n) is 3.29. The molecule has 6 heteroatoms. The molecule has 2 aromatic rings. The molecule has 0 atom stereocenters. The van der Waals surface area contributed by atoms with Crippen molar-refractivity contribution in [2.75, 3.05) is 20.1 Å². The predicted molar refractivity (Wildman–Crippen MR) is 108 cm³/mol. The molecule has 1 N–H and O–H groups in total. The molecule has 27 heavy (non-hydrogen) atoms. The van der Waals surface area contributed by atoms with E-state index in [9.17, 15) is 0 Å². The summed E-state index contributed by atoms with van der Waals surface area (Å²) >= 11 is 0. The number of aromatic nitrogens is 1. The smallest absolute Gasteiger partial charge is 0.226 e. The molecular weight excluding hydrogens is 340 g/mol. The average molecular weight is 370 g/mol. The van der Waals surface area contributed by atoms with Crippen molar-refractivity contribution in [2.45, 2.75) is 51.9 Å². The van der Waals surface area contributed by atoms with Crippen molar-refractivity contribution in [3.63, 3.8) is 0 Å². The molecule has 1 aliphatic heterocycles. The van der Waals surface area contributed by atoms with Gasteiger partial charge in [0.25, 0.3) is 0 Å². The van der Waals surface area contributed by atoms with E-state index in [2.05, 4.69) is 41.0 Å². The lowest BCUT2D eigenvalue weighted by molar-refractivity contribution is -0.0772. The third-order valence-corrected chi connectivity index (χ3v) is 4.47. The number of oxazole rings is 1. The van der Waals surface area contributed by atoms with Gasteiger partial charge < -0.3 is 19.4 Å². The molecule has 0 radical (unpaired) electrons. The zero-order chi connectivity index (χ0) is 19.3. The van der Waals surface area contributed by atoms with Gasteiger partial charge in [-0.3, -0.25) is 4.99 Å². The quantitative estimate of drug-likeness (QED) is 0.657. The second-order valence-electron chi connectivity index (χ2n) is 7.83. The van der Waals surface area contributed by atoms with Crippen molar-refractivity contribution in [2.24, 2.45) is 4.99 Å². The molecule has 0 bridgehead atoms. The monoisotopic (exact) mass is 370 g/mol. The SMILES string of the molecule is CN=C(NCc1coc(-c2ccccc2)n1)N1CCC(OC(C)(C)C)CC1. The first-order valence-corrected chi connectivity index (χ1v) is 9.58. The highest BCUT2D eigenvalue weighted by Gasteiger charge is 2.25. The van der Waals surface area contributed by atoms with Gasteiger partial charge in [-0.15, -0.1) is 0 Å². The molecule has 2 heterocycles. The van der Waals surface area contributed by atoms with Gasteiger partial charge in [0, 0.05) is 25.7 Å². The Balaban J connectivity index is 1.51. The van der Waals surface area contributed by atoms with Gasteiger partial charge in [-0.2, -0.15) is 0 Å². The summed E-state index contributed by atoms with van der Waals surface area (Å²) in [5.74, 6) is 1.54. The molecule has 146 valence electrons. The van der Waals surface area contributed by atoms with Crippen LogP contribution in [-0.2, 0) is 11.3 Å². The standard InChI is InChI=1S/C21H30N4O2/c1-21(2,3)27-18-10-12-25(13-11-18)20(22-4)23-14-17-15-26-19(24-17)16-8-6-5-7-9-16/h5-9,15,18H,10-14H2,1-4H3,(H,22,23). The summed E-state index contributed by atoms with van der Waals surface area (Å²) in [6.07, 6.45) is 4.05. The highest BCUT2D eigenvalue weighted by atomic mass is 16.5. The van der Waals surface area contributed by atoms with Crippen LogP contribution in [0.4, 0.5) is 0 Å². The molecule has 1 aromatic heterocycles. The third-order valence-electron chi connectivity index (χ3n) is 4.47. The highest BCUT2D eigenvalue weighted by molar-refractivity contribution is 5.79. The summed E-state index contributed by atoms with van der Waals surface area (Å²) < 4.78 is 11.7. The second kappa shape index (κ2) is 8.57. The summed E-state index contributed by atoms with van der Waals surface area (Å²) in [6.45, 7) is 8.80. The molecule has 1 aromatic carbocycles. The third kappa shape index (κ3) is 5.57. The number of benzene rings is 1.